The van der Waals surface area contributed by atoms with E-state index in [9.17, 15) is 9.59 Å². The van der Waals surface area contributed by atoms with Gasteiger partial charge in [0.2, 0.25) is 5.91 Å². The zero-order valence-electron chi connectivity index (χ0n) is 19.5. The summed E-state index contributed by atoms with van der Waals surface area (Å²) in [5.41, 5.74) is -0.396. The fourth-order valence-corrected chi connectivity index (χ4v) is 3.86. The van der Waals surface area contributed by atoms with Gasteiger partial charge in [0.15, 0.2) is 5.96 Å². The van der Waals surface area contributed by atoms with E-state index in [0.29, 0.717) is 31.6 Å². The molecule has 30 heavy (non-hydrogen) atoms. The lowest BCUT2D eigenvalue weighted by atomic mass is 9.85. The number of aliphatic imine (C=N–C) groups is 1. The van der Waals surface area contributed by atoms with Crippen LogP contribution in [0.3, 0.4) is 0 Å². The molecule has 176 valence electrons. The average molecular weight is 540 g/mol. The van der Waals surface area contributed by atoms with Gasteiger partial charge in [-0.05, 0) is 39.0 Å². The van der Waals surface area contributed by atoms with Gasteiger partial charge in [0.1, 0.15) is 0 Å². The fourth-order valence-electron chi connectivity index (χ4n) is 3.86. The Morgan fingerprint density at radius 2 is 1.77 bits per heavy atom. The van der Waals surface area contributed by atoms with Gasteiger partial charge >= 0.3 is 6.09 Å². The van der Waals surface area contributed by atoms with E-state index in [1.54, 1.807) is 11.8 Å². The van der Waals surface area contributed by atoms with Crippen molar-refractivity contribution in [2.24, 2.45) is 16.3 Å². The van der Waals surface area contributed by atoms with Crippen molar-refractivity contribution in [3.63, 3.8) is 0 Å². The minimum atomic E-state index is -0.400. The zero-order valence-corrected chi connectivity index (χ0v) is 21.9. The largest absolute Gasteiger partial charge is 0.450 e. The second-order valence-electron chi connectivity index (χ2n) is 8.45. The van der Waals surface area contributed by atoms with Gasteiger partial charge < -0.3 is 25.6 Å². The van der Waals surface area contributed by atoms with Crippen molar-refractivity contribution in [2.45, 2.75) is 65.8 Å². The van der Waals surface area contributed by atoms with Crippen LogP contribution in [0.15, 0.2) is 4.99 Å². The number of halogens is 1. The Balaban J connectivity index is 0.00000841. The van der Waals surface area contributed by atoms with Crippen molar-refractivity contribution >= 4 is 41.9 Å². The smallest absolute Gasteiger partial charge is 0.407 e. The number of rotatable bonds is 10. The summed E-state index contributed by atoms with van der Waals surface area (Å²) < 4.78 is 5.02. The number of amides is 2. The van der Waals surface area contributed by atoms with Crippen LogP contribution in [-0.4, -0.2) is 69.2 Å². The summed E-state index contributed by atoms with van der Waals surface area (Å²) in [4.78, 5) is 31.0. The zero-order chi connectivity index (χ0) is 21.9. The maximum atomic E-state index is 12.8. The minimum absolute atomic E-state index is 0. The molecule has 0 aliphatic heterocycles. The lowest BCUT2D eigenvalue weighted by molar-refractivity contribution is -0.138. The Morgan fingerprint density at radius 1 is 1.13 bits per heavy atom. The SMILES string of the molecule is CCNC(=NCC1(C(=O)N(C)C)CCCC1)NCC(CC(C)C)NC(=O)OCC.I. The first-order valence-corrected chi connectivity index (χ1v) is 10.9. The molecule has 0 spiro atoms. The molecule has 0 saturated heterocycles. The Kier molecular flexibility index (Phi) is 14.1. The number of carbonyl (C=O) groups excluding carboxylic acids is 2. The molecule has 1 rings (SSSR count). The summed E-state index contributed by atoms with van der Waals surface area (Å²) in [7, 11) is 3.63. The summed E-state index contributed by atoms with van der Waals surface area (Å²) in [5.74, 6) is 1.27. The van der Waals surface area contributed by atoms with Crippen LogP contribution in [0.25, 0.3) is 0 Å². The topological polar surface area (TPSA) is 95.1 Å². The van der Waals surface area contributed by atoms with E-state index in [1.807, 2.05) is 21.0 Å². The average Bonchev–Trinajstić information content (AvgIpc) is 3.12. The number of hydrogen-bond acceptors (Lipinski definition) is 4. The lowest BCUT2D eigenvalue weighted by Crippen LogP contribution is -2.48. The lowest BCUT2D eigenvalue weighted by Gasteiger charge is -2.29. The summed E-state index contributed by atoms with van der Waals surface area (Å²) in [6, 6.07) is -0.0678. The molecule has 0 aromatic rings. The molecule has 0 heterocycles. The monoisotopic (exact) mass is 539 g/mol. The van der Waals surface area contributed by atoms with Crippen LogP contribution in [-0.2, 0) is 9.53 Å². The highest BCUT2D eigenvalue weighted by Gasteiger charge is 2.42. The molecule has 0 bridgehead atoms. The predicted octanol–water partition coefficient (Wildman–Crippen LogP) is 2.97. The first kappa shape index (κ1) is 28.7. The standard InChI is InChI=1S/C21H41N5O3.HI/c1-7-22-19(23-14-17(13-16(3)4)25-20(28)29-8-2)24-15-21(11-9-10-12-21)18(27)26(5)6;/h16-17H,7-15H2,1-6H3,(H,25,28)(H2,22,23,24);1H. The number of alkyl carbamates (subject to hydrolysis) is 1. The van der Waals surface area contributed by atoms with E-state index < -0.39 is 11.5 Å². The van der Waals surface area contributed by atoms with E-state index in [-0.39, 0.29) is 35.9 Å². The Morgan fingerprint density at radius 3 is 2.27 bits per heavy atom. The number of guanidine groups is 1. The molecule has 1 fully saturated rings. The van der Waals surface area contributed by atoms with Gasteiger partial charge in [0, 0.05) is 33.2 Å². The number of nitrogens with one attached hydrogen (secondary N) is 3. The van der Waals surface area contributed by atoms with Crippen molar-refractivity contribution in [2.75, 3.05) is 40.3 Å². The molecule has 0 radical (unpaired) electrons. The maximum absolute atomic E-state index is 12.8. The second kappa shape index (κ2) is 14.7. The van der Waals surface area contributed by atoms with Gasteiger partial charge in [0.25, 0.3) is 0 Å². The van der Waals surface area contributed by atoms with Crippen LogP contribution in [0.1, 0.15) is 59.8 Å². The highest BCUT2D eigenvalue weighted by Crippen LogP contribution is 2.39. The Hall–Kier alpha value is -1.26. The third-order valence-corrected chi connectivity index (χ3v) is 5.17. The van der Waals surface area contributed by atoms with Crippen molar-refractivity contribution in [3.8, 4) is 0 Å². The third kappa shape index (κ3) is 9.70. The molecule has 1 saturated carbocycles. The number of nitrogens with zero attached hydrogens (tertiary/aromatic N) is 2. The molecular weight excluding hydrogens is 497 g/mol. The van der Waals surface area contributed by atoms with E-state index in [2.05, 4.69) is 29.8 Å². The van der Waals surface area contributed by atoms with Gasteiger partial charge in [-0.15, -0.1) is 24.0 Å². The van der Waals surface area contributed by atoms with Gasteiger partial charge in [-0.1, -0.05) is 26.7 Å². The van der Waals surface area contributed by atoms with Gasteiger partial charge in [-0.25, -0.2) is 4.79 Å². The van der Waals surface area contributed by atoms with Crippen molar-refractivity contribution in [3.05, 3.63) is 0 Å². The van der Waals surface area contributed by atoms with Crippen LogP contribution in [0.2, 0.25) is 0 Å². The van der Waals surface area contributed by atoms with Crippen LogP contribution in [0.5, 0.6) is 0 Å². The second-order valence-corrected chi connectivity index (χ2v) is 8.45. The normalized spacial score (nSPS) is 16.4. The van der Waals surface area contributed by atoms with Crippen LogP contribution < -0.4 is 16.0 Å². The molecule has 1 aliphatic rings. The Bertz CT molecular complexity index is 549. The quantitative estimate of drug-likeness (QED) is 0.226. The number of ether oxygens (including phenoxy) is 1. The molecular formula is C21H42IN5O3. The van der Waals surface area contributed by atoms with Crippen LogP contribution >= 0.6 is 24.0 Å². The fraction of sp³-hybridized carbons (Fsp3) is 0.857. The summed E-state index contributed by atoms with van der Waals surface area (Å²) >= 11 is 0. The third-order valence-electron chi connectivity index (χ3n) is 5.17. The van der Waals surface area contributed by atoms with Gasteiger partial charge in [-0.3, -0.25) is 9.79 Å². The highest BCUT2D eigenvalue weighted by atomic mass is 127. The first-order valence-electron chi connectivity index (χ1n) is 10.9. The number of carbonyl (C=O) groups is 2. The van der Waals surface area contributed by atoms with E-state index in [4.69, 9.17) is 9.73 Å². The predicted molar refractivity (Wildman–Crippen MR) is 132 cm³/mol. The summed E-state index contributed by atoms with van der Waals surface area (Å²) in [6.45, 7) is 10.1. The van der Waals surface area contributed by atoms with Crippen molar-refractivity contribution in [1.82, 2.24) is 20.9 Å². The maximum Gasteiger partial charge on any atom is 0.407 e. The summed E-state index contributed by atoms with van der Waals surface area (Å²) in [6.07, 6.45) is 4.33. The van der Waals surface area contributed by atoms with Crippen LogP contribution in [0.4, 0.5) is 4.79 Å². The van der Waals surface area contributed by atoms with Crippen molar-refractivity contribution < 1.29 is 14.3 Å². The number of hydrogen-bond donors (Lipinski definition) is 3. The molecule has 1 unspecified atom stereocenters. The molecule has 2 amide bonds. The molecule has 1 aliphatic carbocycles. The highest BCUT2D eigenvalue weighted by molar-refractivity contribution is 14.0. The molecule has 9 heteroatoms. The molecule has 8 nitrogen and oxygen atoms in total. The van der Waals surface area contributed by atoms with Gasteiger partial charge in [-0.2, -0.15) is 0 Å². The van der Waals surface area contributed by atoms with Crippen molar-refractivity contribution in [1.29, 1.82) is 0 Å². The minimum Gasteiger partial charge on any atom is -0.450 e. The van der Waals surface area contributed by atoms with E-state index in [0.717, 1.165) is 38.6 Å². The first-order chi connectivity index (χ1) is 13.7. The molecule has 3 N–H and O–H groups in total. The van der Waals surface area contributed by atoms with E-state index >= 15 is 0 Å². The Labute approximate surface area is 199 Å². The summed E-state index contributed by atoms with van der Waals surface area (Å²) in [5, 5.41) is 9.49. The van der Waals surface area contributed by atoms with E-state index in [1.165, 1.54) is 0 Å². The van der Waals surface area contributed by atoms with Crippen LogP contribution in [0, 0.1) is 11.3 Å². The molecule has 0 aromatic heterocycles. The molecule has 1 atom stereocenters. The molecule has 0 aromatic carbocycles. The van der Waals surface area contributed by atoms with Gasteiger partial charge in [0.05, 0.1) is 18.6 Å².